The fourth-order valence-electron chi connectivity index (χ4n) is 6.68. The monoisotopic (exact) mass is 459 g/mol. The molecule has 0 radical (unpaired) electrons. The number of primary amides is 2. The van der Waals surface area contributed by atoms with Gasteiger partial charge in [-0.05, 0) is 67.9 Å². The highest BCUT2D eigenvalue weighted by molar-refractivity contribution is 9.10. The average Bonchev–Trinajstić information content (AvgIpc) is 3.36. The van der Waals surface area contributed by atoms with E-state index in [1.807, 2.05) is 24.3 Å². The summed E-state index contributed by atoms with van der Waals surface area (Å²) in [5, 5.41) is 0. The highest BCUT2D eigenvalue weighted by Gasteiger charge is 2.82. The van der Waals surface area contributed by atoms with Crippen LogP contribution in [0.5, 0.6) is 0 Å². The van der Waals surface area contributed by atoms with E-state index < -0.39 is 22.6 Å². The van der Waals surface area contributed by atoms with Crippen molar-refractivity contribution < 1.29 is 9.59 Å². The van der Waals surface area contributed by atoms with Crippen molar-refractivity contribution in [3.63, 3.8) is 0 Å². The van der Waals surface area contributed by atoms with Gasteiger partial charge in [0.1, 0.15) is 0 Å². The van der Waals surface area contributed by atoms with Crippen molar-refractivity contribution in [3.05, 3.63) is 46.5 Å². The minimum absolute atomic E-state index is 0.0378. The molecule has 4 N–H and O–H groups in total. The minimum Gasteiger partial charge on any atom is -0.369 e. The van der Waals surface area contributed by atoms with Crippen LogP contribution in [0.4, 0.5) is 0 Å². The summed E-state index contributed by atoms with van der Waals surface area (Å²) in [6, 6.07) is 7.72. The summed E-state index contributed by atoms with van der Waals surface area (Å²) < 4.78 is 0.925. The van der Waals surface area contributed by atoms with Gasteiger partial charge in [-0.15, -0.1) is 0 Å². The van der Waals surface area contributed by atoms with Gasteiger partial charge in [-0.3, -0.25) is 9.59 Å². The zero-order valence-corrected chi connectivity index (χ0v) is 18.7. The van der Waals surface area contributed by atoms with Crippen LogP contribution in [-0.2, 0) is 15.0 Å². The number of nitrogens with zero attached hydrogens (tertiary/aromatic N) is 1. The maximum absolute atomic E-state index is 13.4. The molecule has 156 valence electrons. The summed E-state index contributed by atoms with van der Waals surface area (Å²) in [5.74, 6) is -0.942. The predicted octanol–water partition coefficient (Wildman–Crippen LogP) is 2.97. The largest absolute Gasteiger partial charge is 0.369 e. The van der Waals surface area contributed by atoms with Crippen LogP contribution in [0.25, 0.3) is 0 Å². The molecule has 29 heavy (non-hydrogen) atoms. The van der Waals surface area contributed by atoms with Crippen molar-refractivity contribution in [1.82, 2.24) is 4.90 Å². The number of carbonyl (C=O) groups is 2. The number of rotatable bonds is 8. The second kappa shape index (κ2) is 6.95. The molecule has 4 atom stereocenters. The standard InChI is InChI=1S/C23H30BrN3O2/c1-3-27(4-2)14-13-22(19(25)28)17-9-10-18(21(17)11-12-21)23(22,20(26)29)15-5-7-16(24)8-6-15/h5-10,17-18H,3-4,11-14H2,1-2H3,(H2,25,28)(H2,26,29)/t17-,18+,22+,23-/m1/s1. The second-order valence-corrected chi connectivity index (χ2v) is 9.78. The van der Waals surface area contributed by atoms with Gasteiger partial charge >= 0.3 is 0 Å². The quantitative estimate of drug-likeness (QED) is 0.585. The van der Waals surface area contributed by atoms with Crippen LogP contribution in [0, 0.1) is 22.7 Å². The Morgan fingerprint density at radius 3 is 2.10 bits per heavy atom. The SMILES string of the molecule is CCN(CC)CC[C@@]1(C(N)=O)[C@@H]2C=C[C@@H](C23CC3)[C@@]1(C(N)=O)c1ccc(Br)cc1. The minimum atomic E-state index is -1.11. The van der Waals surface area contributed by atoms with Gasteiger partial charge in [0, 0.05) is 10.4 Å². The smallest absolute Gasteiger partial charge is 0.229 e. The second-order valence-electron chi connectivity index (χ2n) is 8.87. The Bertz CT molecular complexity index is 859. The molecule has 0 aliphatic heterocycles. The highest BCUT2D eigenvalue weighted by atomic mass is 79.9. The molecule has 3 aliphatic rings. The first-order chi connectivity index (χ1) is 13.8. The van der Waals surface area contributed by atoms with E-state index in [4.69, 9.17) is 11.5 Å². The molecule has 3 aliphatic carbocycles. The molecule has 1 aromatic rings. The molecular formula is C23H30BrN3O2. The van der Waals surface area contributed by atoms with E-state index in [9.17, 15) is 9.59 Å². The lowest BCUT2D eigenvalue weighted by Gasteiger charge is -2.48. The zero-order chi connectivity index (χ0) is 21.0. The number of nitrogens with two attached hydrogens (primary N) is 2. The van der Waals surface area contributed by atoms with Crippen molar-refractivity contribution >= 4 is 27.7 Å². The molecule has 2 amide bonds. The van der Waals surface area contributed by atoms with Crippen LogP contribution in [0.3, 0.4) is 0 Å². The Kier molecular flexibility index (Phi) is 4.94. The van der Waals surface area contributed by atoms with Crippen LogP contribution in [0.15, 0.2) is 40.9 Å². The number of carbonyl (C=O) groups excluding carboxylic acids is 2. The molecule has 0 aromatic heterocycles. The number of allylic oxidation sites excluding steroid dienone is 2. The van der Waals surface area contributed by atoms with Crippen molar-refractivity contribution in [1.29, 1.82) is 0 Å². The molecule has 1 spiro atoms. The first-order valence-corrected chi connectivity index (χ1v) is 11.4. The summed E-state index contributed by atoms with van der Waals surface area (Å²) >= 11 is 3.48. The van der Waals surface area contributed by atoms with Gasteiger partial charge in [-0.25, -0.2) is 0 Å². The van der Waals surface area contributed by atoms with Crippen LogP contribution >= 0.6 is 15.9 Å². The summed E-state index contributed by atoms with van der Waals surface area (Å²) in [5.41, 5.74) is 11.1. The van der Waals surface area contributed by atoms with Crippen LogP contribution in [0.2, 0.25) is 0 Å². The first kappa shape index (κ1) is 20.6. The Hall–Kier alpha value is -1.66. The summed E-state index contributed by atoms with van der Waals surface area (Å²) in [7, 11) is 0. The Balaban J connectivity index is 1.94. The third-order valence-corrected chi connectivity index (χ3v) is 8.64. The predicted molar refractivity (Wildman–Crippen MR) is 117 cm³/mol. The van der Waals surface area contributed by atoms with Crippen LogP contribution in [-0.4, -0.2) is 36.3 Å². The van der Waals surface area contributed by atoms with Gasteiger partial charge in [0.15, 0.2) is 0 Å². The number of benzene rings is 1. The van der Waals surface area contributed by atoms with E-state index in [-0.39, 0.29) is 17.3 Å². The molecule has 5 nitrogen and oxygen atoms in total. The van der Waals surface area contributed by atoms with Crippen LogP contribution < -0.4 is 11.5 Å². The summed E-state index contributed by atoms with van der Waals surface area (Å²) in [6.45, 7) is 6.72. The molecule has 2 bridgehead atoms. The van der Waals surface area contributed by atoms with Gasteiger partial charge in [-0.2, -0.15) is 0 Å². The fraction of sp³-hybridized carbons (Fsp3) is 0.565. The van der Waals surface area contributed by atoms with E-state index >= 15 is 0 Å². The number of hydrogen-bond donors (Lipinski definition) is 2. The lowest BCUT2D eigenvalue weighted by molar-refractivity contribution is -0.144. The molecule has 4 rings (SSSR count). The lowest BCUT2D eigenvalue weighted by atomic mass is 9.52. The van der Waals surface area contributed by atoms with Gasteiger partial charge < -0.3 is 16.4 Å². The van der Waals surface area contributed by atoms with Gasteiger partial charge in [-0.1, -0.05) is 54.1 Å². The van der Waals surface area contributed by atoms with Gasteiger partial charge in [0.25, 0.3) is 0 Å². The van der Waals surface area contributed by atoms with Gasteiger partial charge in [0.2, 0.25) is 11.8 Å². The van der Waals surface area contributed by atoms with Crippen molar-refractivity contribution in [3.8, 4) is 0 Å². The highest BCUT2D eigenvalue weighted by Crippen LogP contribution is 2.80. The van der Waals surface area contributed by atoms with E-state index in [1.165, 1.54) is 0 Å². The summed E-state index contributed by atoms with van der Waals surface area (Å²) in [4.78, 5) is 29.0. The molecule has 2 saturated carbocycles. The molecule has 2 fully saturated rings. The third-order valence-electron chi connectivity index (χ3n) is 8.11. The molecule has 0 unspecified atom stereocenters. The van der Waals surface area contributed by atoms with Crippen molar-refractivity contribution in [2.75, 3.05) is 19.6 Å². The third kappa shape index (κ3) is 2.48. The normalized spacial score (nSPS) is 33.5. The summed E-state index contributed by atoms with van der Waals surface area (Å²) in [6.07, 6.45) is 6.87. The van der Waals surface area contributed by atoms with E-state index in [0.29, 0.717) is 13.0 Å². The molecule has 1 aromatic carbocycles. The average molecular weight is 460 g/mol. The molecular weight excluding hydrogens is 430 g/mol. The zero-order valence-electron chi connectivity index (χ0n) is 17.2. The maximum Gasteiger partial charge on any atom is 0.229 e. The number of halogens is 1. The Morgan fingerprint density at radius 1 is 1.03 bits per heavy atom. The Morgan fingerprint density at radius 2 is 1.62 bits per heavy atom. The van der Waals surface area contributed by atoms with E-state index in [0.717, 1.165) is 36.0 Å². The van der Waals surface area contributed by atoms with Gasteiger partial charge in [0.05, 0.1) is 10.8 Å². The van der Waals surface area contributed by atoms with Crippen LogP contribution in [0.1, 0.15) is 38.7 Å². The first-order valence-electron chi connectivity index (χ1n) is 10.6. The number of amides is 2. The fourth-order valence-corrected chi connectivity index (χ4v) is 6.95. The van der Waals surface area contributed by atoms with Crippen molar-refractivity contribution in [2.45, 2.75) is 38.5 Å². The molecule has 6 heteroatoms. The molecule has 0 saturated heterocycles. The molecule has 0 heterocycles. The Labute approximate surface area is 181 Å². The maximum atomic E-state index is 13.4. The van der Waals surface area contributed by atoms with Crippen molar-refractivity contribution in [2.24, 2.45) is 34.1 Å². The lowest BCUT2D eigenvalue weighted by Crippen LogP contribution is -2.62. The topological polar surface area (TPSA) is 89.4 Å². The number of hydrogen-bond acceptors (Lipinski definition) is 3. The van der Waals surface area contributed by atoms with E-state index in [2.05, 4.69) is 46.8 Å². The van der Waals surface area contributed by atoms with E-state index in [1.54, 1.807) is 0 Å².